The molecule has 11 nitrogen and oxygen atoms in total. The number of hydrogen-bond donors (Lipinski definition) is 3. The van der Waals surface area contributed by atoms with E-state index in [-0.39, 0.29) is 31.2 Å². The summed E-state index contributed by atoms with van der Waals surface area (Å²) in [5.74, 6) is 0.104. The Kier molecular flexibility index (Phi) is 7.98. The Balaban J connectivity index is 1.71. The second-order valence-electron chi connectivity index (χ2n) is 9.67. The number of ether oxygens (including phenoxy) is 1. The number of carbonyl (C=O) groups is 2. The average molecular weight is 488 g/mol. The van der Waals surface area contributed by atoms with Crippen LogP contribution in [-0.2, 0) is 14.9 Å². The number of hydrogen-bond acceptors (Lipinski definition) is 9. The standard InChI is InChI=1S/C24H33N5O6/c1-16-14-17(30)19(32)20(34-16)24(6-12-29(13-7-24)22(33)35-23(2,3)4)15-18(31)25-10-11-28-21-26-8-5-9-27-21/h5,8-9,14,32H,6-7,10-13,15H2,1-4H3,(H,25,31)(H,26,27,28). The first-order valence-electron chi connectivity index (χ1n) is 11.6. The third kappa shape index (κ3) is 6.93. The molecule has 0 saturated carbocycles. The number of aromatic hydroxyl groups is 1. The van der Waals surface area contributed by atoms with Crippen molar-refractivity contribution < 1.29 is 23.8 Å². The molecule has 3 N–H and O–H groups in total. The maximum Gasteiger partial charge on any atom is 0.410 e. The van der Waals surface area contributed by atoms with Gasteiger partial charge in [0.1, 0.15) is 11.4 Å². The number of amides is 2. The molecule has 0 spiro atoms. The van der Waals surface area contributed by atoms with Crippen LogP contribution in [-0.4, -0.2) is 63.8 Å². The topological polar surface area (TPSA) is 147 Å². The van der Waals surface area contributed by atoms with Crippen LogP contribution in [0, 0.1) is 6.92 Å². The van der Waals surface area contributed by atoms with Crippen LogP contribution < -0.4 is 16.1 Å². The number of anilines is 1. The highest BCUT2D eigenvalue weighted by Crippen LogP contribution is 2.42. The number of nitrogens with one attached hydrogen (secondary N) is 2. The van der Waals surface area contributed by atoms with Gasteiger partial charge < -0.3 is 29.8 Å². The van der Waals surface area contributed by atoms with Crippen molar-refractivity contribution >= 4 is 17.9 Å². The molecule has 1 aliphatic rings. The monoisotopic (exact) mass is 487 g/mol. The SMILES string of the molecule is Cc1cc(=O)c(O)c(C2(CC(=O)NCCNc3ncccn3)CCN(C(=O)OC(C)(C)C)CC2)o1. The van der Waals surface area contributed by atoms with Crippen molar-refractivity contribution in [1.82, 2.24) is 20.2 Å². The molecule has 0 atom stereocenters. The van der Waals surface area contributed by atoms with Gasteiger partial charge in [0, 0.05) is 56.5 Å². The van der Waals surface area contributed by atoms with Gasteiger partial charge in [-0.3, -0.25) is 9.59 Å². The van der Waals surface area contributed by atoms with Crippen molar-refractivity contribution in [3.05, 3.63) is 46.3 Å². The molecule has 0 aliphatic carbocycles. The first-order chi connectivity index (χ1) is 16.5. The quantitative estimate of drug-likeness (QED) is 0.501. The molecular formula is C24H33N5O6. The lowest BCUT2D eigenvalue weighted by Gasteiger charge is -2.41. The molecule has 3 rings (SSSR count). The maximum atomic E-state index is 12.9. The van der Waals surface area contributed by atoms with E-state index in [1.165, 1.54) is 6.07 Å². The molecule has 2 aromatic rings. The Morgan fingerprint density at radius 2 is 1.86 bits per heavy atom. The summed E-state index contributed by atoms with van der Waals surface area (Å²) in [5.41, 5.74) is -2.15. The first-order valence-corrected chi connectivity index (χ1v) is 11.6. The Labute approximate surface area is 203 Å². The largest absolute Gasteiger partial charge is 0.502 e. The molecule has 11 heteroatoms. The molecule has 190 valence electrons. The summed E-state index contributed by atoms with van der Waals surface area (Å²) in [4.78, 5) is 47.4. The molecule has 0 bridgehead atoms. The van der Waals surface area contributed by atoms with E-state index in [0.29, 0.717) is 37.6 Å². The van der Waals surface area contributed by atoms with Crippen molar-refractivity contribution in [3.8, 4) is 5.75 Å². The van der Waals surface area contributed by atoms with Crippen LogP contribution in [0.3, 0.4) is 0 Å². The summed E-state index contributed by atoms with van der Waals surface area (Å²) >= 11 is 0. The second-order valence-corrected chi connectivity index (χ2v) is 9.67. The van der Waals surface area contributed by atoms with Crippen molar-refractivity contribution in [3.63, 3.8) is 0 Å². The summed E-state index contributed by atoms with van der Waals surface area (Å²) in [6, 6.07) is 2.92. The summed E-state index contributed by atoms with van der Waals surface area (Å²) < 4.78 is 11.3. The van der Waals surface area contributed by atoms with Gasteiger partial charge in [0.05, 0.1) is 0 Å². The van der Waals surface area contributed by atoms with E-state index in [1.54, 1.807) is 51.1 Å². The van der Waals surface area contributed by atoms with Gasteiger partial charge in [-0.15, -0.1) is 0 Å². The van der Waals surface area contributed by atoms with Gasteiger partial charge >= 0.3 is 6.09 Å². The molecule has 1 saturated heterocycles. The molecule has 0 aromatic carbocycles. The van der Waals surface area contributed by atoms with Gasteiger partial charge in [-0.05, 0) is 46.6 Å². The fraction of sp³-hybridized carbons (Fsp3) is 0.542. The van der Waals surface area contributed by atoms with Crippen LogP contribution in [0.25, 0.3) is 0 Å². The minimum Gasteiger partial charge on any atom is -0.502 e. The van der Waals surface area contributed by atoms with E-state index in [1.807, 2.05) is 0 Å². The van der Waals surface area contributed by atoms with Gasteiger partial charge in [-0.25, -0.2) is 14.8 Å². The van der Waals surface area contributed by atoms with Gasteiger partial charge in [-0.2, -0.15) is 0 Å². The maximum absolute atomic E-state index is 12.9. The highest BCUT2D eigenvalue weighted by atomic mass is 16.6. The van der Waals surface area contributed by atoms with Crippen LogP contribution in [0.5, 0.6) is 5.75 Å². The molecule has 2 amide bonds. The zero-order valence-corrected chi connectivity index (χ0v) is 20.6. The van der Waals surface area contributed by atoms with E-state index < -0.39 is 28.3 Å². The Morgan fingerprint density at radius 3 is 2.49 bits per heavy atom. The van der Waals surface area contributed by atoms with E-state index in [2.05, 4.69) is 20.6 Å². The van der Waals surface area contributed by atoms with Gasteiger partial charge in [-0.1, -0.05) is 0 Å². The van der Waals surface area contributed by atoms with Crippen LogP contribution in [0.15, 0.2) is 33.7 Å². The average Bonchev–Trinajstić information content (AvgIpc) is 2.79. The summed E-state index contributed by atoms with van der Waals surface area (Å²) in [6.45, 7) is 8.30. The predicted octanol–water partition coefficient (Wildman–Crippen LogP) is 2.33. The highest BCUT2D eigenvalue weighted by molar-refractivity contribution is 5.78. The molecule has 2 aromatic heterocycles. The van der Waals surface area contributed by atoms with E-state index >= 15 is 0 Å². The van der Waals surface area contributed by atoms with Crippen LogP contribution in [0.4, 0.5) is 10.7 Å². The minimum atomic E-state index is -0.951. The zero-order chi connectivity index (χ0) is 25.6. The number of rotatable bonds is 7. The van der Waals surface area contributed by atoms with Crippen LogP contribution in [0.1, 0.15) is 51.6 Å². The number of piperidine rings is 1. The van der Waals surface area contributed by atoms with Gasteiger partial charge in [0.15, 0.2) is 5.76 Å². The Hall–Kier alpha value is -3.63. The number of nitrogens with zero attached hydrogens (tertiary/aromatic N) is 3. The molecule has 0 radical (unpaired) electrons. The molecule has 0 unspecified atom stereocenters. The molecular weight excluding hydrogens is 454 g/mol. The van der Waals surface area contributed by atoms with Crippen LogP contribution >= 0.6 is 0 Å². The lowest BCUT2D eigenvalue weighted by atomic mass is 9.73. The molecule has 1 fully saturated rings. The summed E-state index contributed by atoms with van der Waals surface area (Å²) in [7, 11) is 0. The summed E-state index contributed by atoms with van der Waals surface area (Å²) in [6.07, 6.45) is 3.40. The fourth-order valence-corrected chi connectivity index (χ4v) is 4.03. The third-order valence-corrected chi connectivity index (χ3v) is 5.69. The summed E-state index contributed by atoms with van der Waals surface area (Å²) in [5, 5.41) is 16.4. The number of likely N-dealkylation sites (tertiary alicyclic amines) is 1. The highest BCUT2D eigenvalue weighted by Gasteiger charge is 2.44. The first kappa shape index (κ1) is 26.0. The fourth-order valence-electron chi connectivity index (χ4n) is 4.03. The van der Waals surface area contributed by atoms with Crippen molar-refractivity contribution in [2.45, 2.75) is 58.0 Å². The van der Waals surface area contributed by atoms with Crippen molar-refractivity contribution in [1.29, 1.82) is 0 Å². The van der Waals surface area contributed by atoms with E-state index in [4.69, 9.17) is 9.15 Å². The van der Waals surface area contributed by atoms with Gasteiger partial charge in [0.2, 0.25) is 23.0 Å². The van der Waals surface area contributed by atoms with Gasteiger partial charge in [0.25, 0.3) is 0 Å². The van der Waals surface area contributed by atoms with E-state index in [0.717, 1.165) is 0 Å². The lowest BCUT2D eigenvalue weighted by molar-refractivity contribution is -0.123. The second kappa shape index (κ2) is 10.7. The lowest BCUT2D eigenvalue weighted by Crippen LogP contribution is -2.48. The number of carbonyl (C=O) groups excluding carboxylic acids is 2. The van der Waals surface area contributed by atoms with Crippen molar-refractivity contribution in [2.75, 3.05) is 31.5 Å². The minimum absolute atomic E-state index is 0.0169. The number of aromatic nitrogens is 2. The Morgan fingerprint density at radius 1 is 1.20 bits per heavy atom. The smallest absolute Gasteiger partial charge is 0.410 e. The normalized spacial score (nSPS) is 15.4. The molecule has 1 aliphatic heterocycles. The van der Waals surface area contributed by atoms with Crippen LogP contribution in [0.2, 0.25) is 0 Å². The predicted molar refractivity (Wildman–Crippen MR) is 128 cm³/mol. The number of aryl methyl sites for hydroxylation is 1. The molecule has 3 heterocycles. The Bertz CT molecular complexity index is 1090. The van der Waals surface area contributed by atoms with Crippen molar-refractivity contribution in [2.24, 2.45) is 0 Å². The molecule has 35 heavy (non-hydrogen) atoms. The van der Waals surface area contributed by atoms with E-state index in [9.17, 15) is 19.5 Å². The third-order valence-electron chi connectivity index (χ3n) is 5.69. The zero-order valence-electron chi connectivity index (χ0n) is 20.6.